The first kappa shape index (κ1) is 13.1. The third kappa shape index (κ3) is 3.58. The quantitative estimate of drug-likeness (QED) is 0.865. The van der Waals surface area contributed by atoms with E-state index < -0.39 is 0 Å². The summed E-state index contributed by atoms with van der Waals surface area (Å²) in [5.74, 6) is 0.639. The number of nitrogens with one attached hydrogen (secondary N) is 1. The van der Waals surface area contributed by atoms with Crippen LogP contribution in [0.1, 0.15) is 24.0 Å². The van der Waals surface area contributed by atoms with Crippen LogP contribution in [0.5, 0.6) is 5.75 Å². The maximum atomic E-state index is 13.1. The van der Waals surface area contributed by atoms with Gasteiger partial charge < -0.3 is 10.1 Å². The standard InChI is InChI=1S/C17H18FNO/c18-15-6-3-4-13(10-15)12-20-17-7-2-1-5-14(17)11-19-16-8-9-16/h1-7,10,16,19H,8-9,11-12H2. The van der Waals surface area contributed by atoms with Crippen LogP contribution in [-0.4, -0.2) is 6.04 Å². The molecule has 1 aliphatic carbocycles. The van der Waals surface area contributed by atoms with Crippen molar-refractivity contribution in [3.63, 3.8) is 0 Å². The second-order valence-electron chi connectivity index (χ2n) is 5.18. The van der Waals surface area contributed by atoms with Gasteiger partial charge >= 0.3 is 0 Å². The molecule has 1 aliphatic rings. The first-order valence-electron chi connectivity index (χ1n) is 7.00. The molecule has 2 aromatic rings. The summed E-state index contributed by atoms with van der Waals surface area (Å²) in [4.78, 5) is 0. The largest absolute Gasteiger partial charge is 0.489 e. The third-order valence-electron chi connectivity index (χ3n) is 3.41. The summed E-state index contributed by atoms with van der Waals surface area (Å²) in [7, 11) is 0. The molecule has 3 rings (SSSR count). The average molecular weight is 271 g/mol. The molecule has 1 N–H and O–H groups in total. The van der Waals surface area contributed by atoms with Gasteiger partial charge in [0.2, 0.25) is 0 Å². The molecule has 0 saturated heterocycles. The molecule has 0 unspecified atom stereocenters. The average Bonchev–Trinajstić information content (AvgIpc) is 3.28. The monoisotopic (exact) mass is 271 g/mol. The summed E-state index contributed by atoms with van der Waals surface area (Å²) in [6.45, 7) is 1.21. The van der Waals surface area contributed by atoms with Crippen LogP contribution < -0.4 is 10.1 Å². The topological polar surface area (TPSA) is 21.3 Å². The molecule has 20 heavy (non-hydrogen) atoms. The van der Waals surface area contributed by atoms with Crippen molar-refractivity contribution in [3.8, 4) is 5.75 Å². The van der Waals surface area contributed by atoms with Crippen LogP contribution in [0.15, 0.2) is 48.5 Å². The molecule has 104 valence electrons. The molecule has 0 amide bonds. The Morgan fingerprint density at radius 1 is 1.10 bits per heavy atom. The number of benzene rings is 2. The lowest BCUT2D eigenvalue weighted by atomic mass is 10.2. The summed E-state index contributed by atoms with van der Waals surface area (Å²) in [5, 5.41) is 3.48. The number of hydrogen-bond acceptors (Lipinski definition) is 2. The van der Waals surface area contributed by atoms with E-state index in [0.29, 0.717) is 12.6 Å². The number of rotatable bonds is 6. The minimum Gasteiger partial charge on any atom is -0.489 e. The summed E-state index contributed by atoms with van der Waals surface area (Å²) >= 11 is 0. The Morgan fingerprint density at radius 3 is 2.75 bits per heavy atom. The molecule has 0 radical (unpaired) electrons. The van der Waals surface area contributed by atoms with E-state index in [1.807, 2.05) is 24.3 Å². The molecule has 3 heteroatoms. The minimum absolute atomic E-state index is 0.227. The summed E-state index contributed by atoms with van der Waals surface area (Å²) in [5.41, 5.74) is 1.99. The van der Waals surface area contributed by atoms with Crippen LogP contribution in [0.2, 0.25) is 0 Å². The van der Waals surface area contributed by atoms with Crippen molar-refractivity contribution in [2.45, 2.75) is 32.0 Å². The van der Waals surface area contributed by atoms with Gasteiger partial charge in [-0.05, 0) is 36.6 Å². The van der Waals surface area contributed by atoms with E-state index in [1.165, 1.54) is 25.0 Å². The smallest absolute Gasteiger partial charge is 0.124 e. The maximum absolute atomic E-state index is 13.1. The van der Waals surface area contributed by atoms with E-state index in [9.17, 15) is 4.39 Å². The fourth-order valence-corrected chi connectivity index (χ4v) is 2.12. The molecule has 0 bridgehead atoms. The van der Waals surface area contributed by atoms with Crippen LogP contribution in [-0.2, 0) is 13.2 Å². The Labute approximate surface area is 118 Å². The molecule has 1 saturated carbocycles. The van der Waals surface area contributed by atoms with E-state index in [2.05, 4.69) is 11.4 Å². The molecule has 0 atom stereocenters. The van der Waals surface area contributed by atoms with Crippen molar-refractivity contribution < 1.29 is 9.13 Å². The third-order valence-corrected chi connectivity index (χ3v) is 3.41. The molecule has 2 aromatic carbocycles. The SMILES string of the molecule is Fc1cccc(COc2ccccc2CNC2CC2)c1. The highest BCUT2D eigenvalue weighted by Crippen LogP contribution is 2.23. The zero-order valence-electron chi connectivity index (χ0n) is 11.3. The normalized spacial score (nSPS) is 14.2. The predicted molar refractivity (Wildman–Crippen MR) is 77.0 cm³/mol. The number of para-hydroxylation sites is 1. The molecule has 0 aromatic heterocycles. The lowest BCUT2D eigenvalue weighted by Gasteiger charge is -2.12. The Balaban J connectivity index is 1.63. The lowest BCUT2D eigenvalue weighted by molar-refractivity contribution is 0.301. The molecule has 2 nitrogen and oxygen atoms in total. The Bertz CT molecular complexity index is 581. The van der Waals surface area contributed by atoms with Gasteiger partial charge in [-0.3, -0.25) is 0 Å². The highest BCUT2D eigenvalue weighted by molar-refractivity contribution is 5.33. The predicted octanol–water partition coefficient (Wildman–Crippen LogP) is 3.66. The van der Waals surface area contributed by atoms with Crippen LogP contribution in [0.3, 0.4) is 0 Å². The van der Waals surface area contributed by atoms with E-state index in [4.69, 9.17) is 4.74 Å². The van der Waals surface area contributed by atoms with Crippen LogP contribution in [0.25, 0.3) is 0 Å². The van der Waals surface area contributed by atoms with Crippen molar-refractivity contribution in [2.75, 3.05) is 0 Å². The van der Waals surface area contributed by atoms with Gasteiger partial charge in [0, 0.05) is 18.2 Å². The zero-order valence-corrected chi connectivity index (χ0v) is 11.3. The van der Waals surface area contributed by atoms with Gasteiger partial charge in [-0.2, -0.15) is 0 Å². The van der Waals surface area contributed by atoms with Crippen LogP contribution in [0.4, 0.5) is 4.39 Å². The van der Waals surface area contributed by atoms with Crippen molar-refractivity contribution >= 4 is 0 Å². The second-order valence-corrected chi connectivity index (χ2v) is 5.18. The van der Waals surface area contributed by atoms with E-state index in [0.717, 1.165) is 23.4 Å². The lowest BCUT2D eigenvalue weighted by Crippen LogP contribution is -2.16. The molecule has 0 spiro atoms. The van der Waals surface area contributed by atoms with Gasteiger partial charge in [0.25, 0.3) is 0 Å². The van der Waals surface area contributed by atoms with Crippen molar-refractivity contribution in [2.24, 2.45) is 0 Å². The summed E-state index contributed by atoms with van der Waals surface area (Å²) in [6.07, 6.45) is 2.54. The van der Waals surface area contributed by atoms with Gasteiger partial charge in [-0.1, -0.05) is 30.3 Å². The van der Waals surface area contributed by atoms with E-state index >= 15 is 0 Å². The second kappa shape index (κ2) is 6.06. The van der Waals surface area contributed by atoms with Crippen molar-refractivity contribution in [1.82, 2.24) is 5.32 Å². The Hall–Kier alpha value is -1.87. The fraction of sp³-hybridized carbons (Fsp3) is 0.294. The summed E-state index contributed by atoms with van der Waals surface area (Å²) < 4.78 is 18.9. The Kier molecular flexibility index (Phi) is 3.97. The number of ether oxygens (including phenoxy) is 1. The highest BCUT2D eigenvalue weighted by Gasteiger charge is 2.20. The zero-order chi connectivity index (χ0) is 13.8. The number of hydrogen-bond donors (Lipinski definition) is 1. The van der Waals surface area contributed by atoms with Crippen molar-refractivity contribution in [1.29, 1.82) is 0 Å². The van der Waals surface area contributed by atoms with Crippen molar-refractivity contribution in [3.05, 3.63) is 65.5 Å². The fourth-order valence-electron chi connectivity index (χ4n) is 2.12. The highest BCUT2D eigenvalue weighted by atomic mass is 19.1. The van der Waals surface area contributed by atoms with Crippen LogP contribution >= 0.6 is 0 Å². The van der Waals surface area contributed by atoms with Gasteiger partial charge in [-0.15, -0.1) is 0 Å². The van der Waals surface area contributed by atoms with Gasteiger partial charge in [0.05, 0.1) is 0 Å². The maximum Gasteiger partial charge on any atom is 0.124 e. The van der Waals surface area contributed by atoms with E-state index in [-0.39, 0.29) is 5.82 Å². The molecular formula is C17H18FNO. The Morgan fingerprint density at radius 2 is 1.95 bits per heavy atom. The molecule has 1 fully saturated rings. The first-order chi connectivity index (χ1) is 9.81. The van der Waals surface area contributed by atoms with Gasteiger partial charge in [0.15, 0.2) is 0 Å². The van der Waals surface area contributed by atoms with Gasteiger partial charge in [0.1, 0.15) is 18.2 Å². The number of halogens is 1. The minimum atomic E-state index is -0.227. The van der Waals surface area contributed by atoms with Gasteiger partial charge in [-0.25, -0.2) is 4.39 Å². The van der Waals surface area contributed by atoms with Crippen LogP contribution in [0, 0.1) is 5.82 Å². The summed E-state index contributed by atoms with van der Waals surface area (Å²) in [6, 6.07) is 15.2. The molecule has 0 heterocycles. The molecule has 0 aliphatic heterocycles. The molecular weight excluding hydrogens is 253 g/mol. The first-order valence-corrected chi connectivity index (χ1v) is 7.00. The van der Waals surface area contributed by atoms with E-state index in [1.54, 1.807) is 6.07 Å².